The van der Waals surface area contributed by atoms with Gasteiger partial charge in [0.1, 0.15) is 12.1 Å². The molecule has 180 valence electrons. The number of nitrogens with zero attached hydrogens (tertiary/aromatic N) is 1. The maximum absolute atomic E-state index is 13.3. The molecule has 3 atom stereocenters. The first-order valence-corrected chi connectivity index (χ1v) is 10.9. The zero-order valence-corrected chi connectivity index (χ0v) is 19.1. The van der Waals surface area contributed by atoms with Crippen LogP contribution in [0.15, 0.2) is 30.5 Å². The number of carbonyl (C=O) groups is 4. The monoisotopic (exact) mass is 460 g/mol. The van der Waals surface area contributed by atoms with Crippen molar-refractivity contribution in [3.8, 4) is 0 Å². The number of unbranched alkanes of at least 4 members (excludes halogenated alkanes) is 1. The Bertz CT molecular complexity index is 988. The zero-order valence-electron chi connectivity index (χ0n) is 19.1. The van der Waals surface area contributed by atoms with E-state index in [-0.39, 0.29) is 5.91 Å². The number of likely N-dealkylation sites (N-methyl/N-ethyl adjacent to an activating group) is 2. The number of aliphatic carboxylic acids is 2. The van der Waals surface area contributed by atoms with E-state index in [9.17, 15) is 24.3 Å². The molecular formula is C23H32N4O6. The van der Waals surface area contributed by atoms with Crippen molar-refractivity contribution in [3.05, 3.63) is 36.0 Å². The van der Waals surface area contributed by atoms with E-state index in [4.69, 9.17) is 5.11 Å². The van der Waals surface area contributed by atoms with Gasteiger partial charge in [0.05, 0.1) is 12.5 Å². The van der Waals surface area contributed by atoms with Crippen LogP contribution in [-0.2, 0) is 25.6 Å². The third-order valence-corrected chi connectivity index (χ3v) is 5.69. The number of carboxylic acids is 2. The summed E-state index contributed by atoms with van der Waals surface area (Å²) in [5.74, 6) is -3.79. The topological polar surface area (TPSA) is 152 Å². The van der Waals surface area contributed by atoms with Crippen LogP contribution >= 0.6 is 0 Å². The van der Waals surface area contributed by atoms with E-state index in [1.807, 2.05) is 37.4 Å². The van der Waals surface area contributed by atoms with Crippen molar-refractivity contribution in [2.24, 2.45) is 0 Å². The number of para-hydroxylation sites is 1. The fraction of sp³-hybridized carbons (Fsp3) is 0.478. The summed E-state index contributed by atoms with van der Waals surface area (Å²) in [6.07, 6.45) is 3.23. The second-order valence-electron chi connectivity index (χ2n) is 8.01. The van der Waals surface area contributed by atoms with Gasteiger partial charge in [-0.25, -0.2) is 4.79 Å². The molecule has 2 rings (SSSR count). The van der Waals surface area contributed by atoms with Crippen LogP contribution in [0.4, 0.5) is 0 Å². The Morgan fingerprint density at radius 2 is 1.82 bits per heavy atom. The van der Waals surface area contributed by atoms with Gasteiger partial charge >= 0.3 is 11.9 Å². The Balaban J connectivity index is 2.19. The molecule has 1 heterocycles. The van der Waals surface area contributed by atoms with Crippen molar-refractivity contribution in [3.63, 3.8) is 0 Å². The van der Waals surface area contributed by atoms with Crippen molar-refractivity contribution in [2.45, 2.75) is 57.2 Å². The Morgan fingerprint density at radius 3 is 2.42 bits per heavy atom. The third kappa shape index (κ3) is 6.79. The predicted octanol–water partition coefficient (Wildman–Crippen LogP) is 1.36. The summed E-state index contributed by atoms with van der Waals surface area (Å²) < 4.78 is 0. The lowest BCUT2D eigenvalue weighted by Gasteiger charge is -2.31. The number of aromatic amines is 1. The summed E-state index contributed by atoms with van der Waals surface area (Å²) in [4.78, 5) is 53.1. The standard InChI is InChI=1S/C23H32N4O6/c1-4-5-10-19(21(30)26-18(23(32)33)12-20(28)29)27(3)22(31)17(24-2)11-14-13-25-16-9-7-6-8-15(14)16/h6-9,13,17-19,24-25H,4-5,10-12H2,1-3H3,(H,26,30)(H,28,29)(H,32,33)/t17-,18-,19-/m0/s1. The fourth-order valence-corrected chi connectivity index (χ4v) is 3.77. The molecule has 0 radical (unpaired) electrons. The zero-order chi connectivity index (χ0) is 24.5. The van der Waals surface area contributed by atoms with E-state index in [2.05, 4.69) is 15.6 Å². The minimum atomic E-state index is -1.58. The molecule has 0 spiro atoms. The molecule has 0 saturated carbocycles. The normalized spacial score (nSPS) is 13.8. The highest BCUT2D eigenvalue weighted by Gasteiger charge is 2.33. The summed E-state index contributed by atoms with van der Waals surface area (Å²) in [5, 5.41) is 24.5. The fourth-order valence-electron chi connectivity index (χ4n) is 3.77. The first kappa shape index (κ1) is 25.9. The molecule has 5 N–H and O–H groups in total. The smallest absolute Gasteiger partial charge is 0.326 e. The number of aromatic nitrogens is 1. The molecular weight excluding hydrogens is 428 g/mol. The second kappa shape index (κ2) is 12.0. The number of nitrogens with one attached hydrogen (secondary N) is 3. The molecule has 1 aromatic heterocycles. The number of carboxylic acid groups (broad SMARTS) is 2. The van der Waals surface area contributed by atoms with E-state index in [0.717, 1.165) is 22.9 Å². The van der Waals surface area contributed by atoms with E-state index in [0.29, 0.717) is 19.3 Å². The number of benzene rings is 1. The average Bonchev–Trinajstić information content (AvgIpc) is 3.19. The van der Waals surface area contributed by atoms with Gasteiger partial charge in [-0.2, -0.15) is 0 Å². The average molecular weight is 461 g/mol. The van der Waals surface area contributed by atoms with Crippen molar-refractivity contribution in [1.29, 1.82) is 0 Å². The number of amides is 2. The molecule has 0 aliphatic heterocycles. The molecule has 0 unspecified atom stereocenters. The van der Waals surface area contributed by atoms with Crippen LogP contribution in [0.1, 0.15) is 38.2 Å². The van der Waals surface area contributed by atoms with E-state index in [1.54, 1.807) is 7.05 Å². The van der Waals surface area contributed by atoms with Crippen LogP contribution in [0.3, 0.4) is 0 Å². The minimum absolute atomic E-state index is 0.316. The second-order valence-corrected chi connectivity index (χ2v) is 8.01. The van der Waals surface area contributed by atoms with E-state index in [1.165, 1.54) is 11.9 Å². The van der Waals surface area contributed by atoms with Crippen molar-refractivity contribution < 1.29 is 29.4 Å². The summed E-state index contributed by atoms with van der Waals surface area (Å²) in [7, 11) is 3.18. The lowest BCUT2D eigenvalue weighted by molar-refractivity contribution is -0.148. The number of carbonyl (C=O) groups excluding carboxylic acids is 2. The van der Waals surface area contributed by atoms with Crippen LogP contribution < -0.4 is 10.6 Å². The van der Waals surface area contributed by atoms with Gasteiger partial charge in [0.15, 0.2) is 0 Å². The maximum atomic E-state index is 13.3. The Labute approximate surface area is 192 Å². The minimum Gasteiger partial charge on any atom is -0.481 e. The molecule has 1 aromatic carbocycles. The van der Waals surface area contributed by atoms with Crippen molar-refractivity contribution in [1.82, 2.24) is 20.5 Å². The Kier molecular flexibility index (Phi) is 9.41. The van der Waals surface area contributed by atoms with Gasteiger partial charge in [0.2, 0.25) is 11.8 Å². The van der Waals surface area contributed by atoms with Gasteiger partial charge in [0, 0.05) is 24.1 Å². The highest BCUT2D eigenvalue weighted by atomic mass is 16.4. The van der Waals surface area contributed by atoms with Gasteiger partial charge in [-0.3, -0.25) is 14.4 Å². The lowest BCUT2D eigenvalue weighted by atomic mass is 10.0. The van der Waals surface area contributed by atoms with Crippen LogP contribution in [0.25, 0.3) is 10.9 Å². The number of fused-ring (bicyclic) bond motifs is 1. The molecule has 10 nitrogen and oxygen atoms in total. The summed E-state index contributed by atoms with van der Waals surface area (Å²) in [5.41, 5.74) is 1.91. The summed E-state index contributed by atoms with van der Waals surface area (Å²) in [6, 6.07) is 4.64. The highest BCUT2D eigenvalue weighted by molar-refractivity contribution is 5.93. The van der Waals surface area contributed by atoms with E-state index >= 15 is 0 Å². The molecule has 0 bridgehead atoms. The molecule has 0 fully saturated rings. The SMILES string of the molecule is CCCC[C@@H](C(=O)N[C@@H](CC(=O)O)C(=O)O)N(C)C(=O)[C@H](Cc1c[nH]c2ccccc12)NC. The van der Waals surface area contributed by atoms with Gasteiger partial charge in [-0.1, -0.05) is 38.0 Å². The molecule has 33 heavy (non-hydrogen) atoms. The van der Waals surface area contributed by atoms with Crippen LogP contribution in [0.5, 0.6) is 0 Å². The summed E-state index contributed by atoms with van der Waals surface area (Å²) in [6.45, 7) is 1.94. The number of hydrogen-bond acceptors (Lipinski definition) is 5. The third-order valence-electron chi connectivity index (χ3n) is 5.69. The number of H-pyrrole nitrogens is 1. The molecule has 0 aliphatic carbocycles. The Morgan fingerprint density at radius 1 is 1.12 bits per heavy atom. The van der Waals surface area contributed by atoms with E-state index < -0.39 is 42.4 Å². The first-order chi connectivity index (χ1) is 15.7. The Hall–Kier alpha value is -3.40. The largest absolute Gasteiger partial charge is 0.481 e. The molecule has 0 aliphatic rings. The maximum Gasteiger partial charge on any atom is 0.326 e. The van der Waals surface area contributed by atoms with Gasteiger partial charge in [-0.05, 0) is 31.5 Å². The van der Waals surface area contributed by atoms with Crippen LogP contribution in [0.2, 0.25) is 0 Å². The summed E-state index contributed by atoms with van der Waals surface area (Å²) >= 11 is 0. The van der Waals surface area contributed by atoms with Crippen LogP contribution in [0, 0.1) is 0 Å². The number of rotatable bonds is 13. The van der Waals surface area contributed by atoms with Gasteiger partial charge in [0.25, 0.3) is 0 Å². The highest BCUT2D eigenvalue weighted by Crippen LogP contribution is 2.20. The molecule has 10 heteroatoms. The molecule has 2 aromatic rings. The van der Waals surface area contributed by atoms with Crippen molar-refractivity contribution in [2.75, 3.05) is 14.1 Å². The molecule has 0 saturated heterocycles. The van der Waals surface area contributed by atoms with Gasteiger partial charge < -0.3 is 30.7 Å². The predicted molar refractivity (Wildman–Crippen MR) is 123 cm³/mol. The first-order valence-electron chi connectivity index (χ1n) is 10.9. The van der Waals surface area contributed by atoms with Gasteiger partial charge in [-0.15, -0.1) is 0 Å². The quantitative estimate of drug-likeness (QED) is 0.303. The molecule has 2 amide bonds. The van der Waals surface area contributed by atoms with Crippen LogP contribution in [-0.4, -0.2) is 76.1 Å². The van der Waals surface area contributed by atoms with Crippen molar-refractivity contribution >= 4 is 34.7 Å². The lowest BCUT2D eigenvalue weighted by Crippen LogP contribution is -2.56. The number of hydrogen-bond donors (Lipinski definition) is 5.